The number of nitrogens with one attached hydrogen (secondary N) is 1. The van der Waals surface area contributed by atoms with Gasteiger partial charge < -0.3 is 20.7 Å². The third kappa shape index (κ3) is 1.94. The molecular weight excluding hydrogens is 262 g/mol. The molecule has 1 atom stereocenters. The van der Waals surface area contributed by atoms with E-state index in [0.717, 1.165) is 5.69 Å². The van der Waals surface area contributed by atoms with Gasteiger partial charge in [0.05, 0.1) is 24.6 Å². The number of anilines is 2. The lowest BCUT2D eigenvalue weighted by atomic mass is 10.1. The van der Waals surface area contributed by atoms with Crippen LogP contribution >= 0.6 is 0 Å². The van der Waals surface area contributed by atoms with Gasteiger partial charge in [-0.1, -0.05) is 0 Å². The van der Waals surface area contributed by atoms with Gasteiger partial charge in [-0.25, -0.2) is 4.63 Å². The number of likely N-dealkylation sites (N-methyl/N-ethyl adjacent to an activating group) is 1. The first-order valence-electron chi connectivity index (χ1n) is 6.29. The van der Waals surface area contributed by atoms with Crippen molar-refractivity contribution in [3.8, 4) is 0 Å². The number of carbonyl (C=O) groups is 1. The molecule has 1 aromatic heterocycles. The maximum Gasteiger partial charge on any atom is 0.244 e. The van der Waals surface area contributed by atoms with Crippen molar-refractivity contribution in [2.75, 3.05) is 37.4 Å². The summed E-state index contributed by atoms with van der Waals surface area (Å²) >= 11 is 0. The molecule has 2 heterocycles. The van der Waals surface area contributed by atoms with E-state index in [1.165, 1.54) is 0 Å². The summed E-state index contributed by atoms with van der Waals surface area (Å²) < 4.78 is 10.1. The molecule has 1 fully saturated rings. The van der Waals surface area contributed by atoms with Crippen LogP contribution in [0.25, 0.3) is 11.0 Å². The van der Waals surface area contributed by atoms with E-state index in [4.69, 9.17) is 15.1 Å². The SMILES string of the molecule is CNC(=O)C1COCCN1c1ccc(N)c2nonc12. The minimum absolute atomic E-state index is 0.105. The van der Waals surface area contributed by atoms with E-state index in [1.54, 1.807) is 13.1 Å². The summed E-state index contributed by atoms with van der Waals surface area (Å²) in [5, 5.41) is 10.3. The lowest BCUT2D eigenvalue weighted by molar-refractivity contribution is -0.124. The van der Waals surface area contributed by atoms with Crippen LogP contribution in [0.5, 0.6) is 0 Å². The molecule has 0 radical (unpaired) electrons. The van der Waals surface area contributed by atoms with E-state index >= 15 is 0 Å². The molecule has 0 spiro atoms. The van der Waals surface area contributed by atoms with Gasteiger partial charge in [0, 0.05) is 13.6 Å². The molecule has 1 amide bonds. The zero-order chi connectivity index (χ0) is 14.1. The Kier molecular flexibility index (Phi) is 3.15. The summed E-state index contributed by atoms with van der Waals surface area (Å²) in [5.74, 6) is -0.105. The van der Waals surface area contributed by atoms with E-state index in [-0.39, 0.29) is 5.91 Å². The Morgan fingerprint density at radius 1 is 1.45 bits per heavy atom. The predicted molar refractivity (Wildman–Crippen MR) is 72.2 cm³/mol. The number of nitrogens with two attached hydrogens (primary N) is 1. The van der Waals surface area contributed by atoms with Crippen LogP contribution in [-0.4, -0.2) is 49.1 Å². The van der Waals surface area contributed by atoms with Crippen molar-refractivity contribution in [1.29, 1.82) is 0 Å². The quantitative estimate of drug-likeness (QED) is 0.729. The highest BCUT2D eigenvalue weighted by atomic mass is 16.6. The molecule has 20 heavy (non-hydrogen) atoms. The summed E-state index contributed by atoms with van der Waals surface area (Å²) in [4.78, 5) is 13.9. The standard InChI is InChI=1S/C12H15N5O3/c1-14-12(18)9-6-19-5-4-17(9)8-3-2-7(13)10-11(8)16-20-15-10/h2-3,9H,4-6,13H2,1H3,(H,14,18). The highest BCUT2D eigenvalue weighted by Gasteiger charge is 2.31. The fourth-order valence-electron chi connectivity index (χ4n) is 2.38. The number of carbonyl (C=O) groups excluding carboxylic acids is 1. The van der Waals surface area contributed by atoms with Crippen LogP contribution in [0, 0.1) is 0 Å². The average Bonchev–Trinajstić information content (AvgIpc) is 2.97. The van der Waals surface area contributed by atoms with Gasteiger partial charge in [0.25, 0.3) is 0 Å². The molecule has 106 valence electrons. The van der Waals surface area contributed by atoms with Crippen molar-refractivity contribution < 1.29 is 14.2 Å². The molecular formula is C12H15N5O3. The lowest BCUT2D eigenvalue weighted by Crippen LogP contribution is -2.53. The first-order chi connectivity index (χ1) is 9.72. The first-order valence-corrected chi connectivity index (χ1v) is 6.29. The Hall–Kier alpha value is -2.35. The van der Waals surface area contributed by atoms with E-state index in [1.807, 2.05) is 11.0 Å². The van der Waals surface area contributed by atoms with Gasteiger partial charge in [0.15, 0.2) is 11.0 Å². The second-order valence-electron chi connectivity index (χ2n) is 4.53. The lowest BCUT2D eigenvalue weighted by Gasteiger charge is -2.35. The van der Waals surface area contributed by atoms with Crippen LogP contribution in [0.3, 0.4) is 0 Å². The Morgan fingerprint density at radius 2 is 2.25 bits per heavy atom. The van der Waals surface area contributed by atoms with Crippen LogP contribution < -0.4 is 16.0 Å². The summed E-state index contributed by atoms with van der Waals surface area (Å²) in [6, 6.07) is 3.15. The number of amides is 1. The summed E-state index contributed by atoms with van der Waals surface area (Å²) in [7, 11) is 1.60. The van der Waals surface area contributed by atoms with Crippen LogP contribution in [0.1, 0.15) is 0 Å². The maximum atomic E-state index is 12.0. The van der Waals surface area contributed by atoms with Crippen LogP contribution in [0.15, 0.2) is 16.8 Å². The zero-order valence-electron chi connectivity index (χ0n) is 11.0. The fraction of sp³-hybridized carbons (Fsp3) is 0.417. The van der Waals surface area contributed by atoms with E-state index in [9.17, 15) is 4.79 Å². The zero-order valence-corrected chi connectivity index (χ0v) is 11.0. The topological polar surface area (TPSA) is 107 Å². The molecule has 1 aliphatic heterocycles. The number of benzene rings is 1. The van der Waals surface area contributed by atoms with Gasteiger partial charge in [-0.3, -0.25) is 4.79 Å². The van der Waals surface area contributed by atoms with Crippen molar-refractivity contribution in [2.45, 2.75) is 6.04 Å². The van der Waals surface area contributed by atoms with Crippen molar-refractivity contribution in [3.05, 3.63) is 12.1 Å². The maximum absolute atomic E-state index is 12.0. The fourth-order valence-corrected chi connectivity index (χ4v) is 2.38. The second kappa shape index (κ2) is 4.97. The normalized spacial score (nSPS) is 19.2. The van der Waals surface area contributed by atoms with Crippen molar-refractivity contribution >= 4 is 28.3 Å². The van der Waals surface area contributed by atoms with Gasteiger partial charge >= 0.3 is 0 Å². The van der Waals surface area contributed by atoms with Crippen molar-refractivity contribution in [1.82, 2.24) is 15.6 Å². The largest absolute Gasteiger partial charge is 0.397 e. The number of nitrogens with zero attached hydrogens (tertiary/aromatic N) is 3. The molecule has 0 bridgehead atoms. The summed E-state index contributed by atoms with van der Waals surface area (Å²) in [5.41, 5.74) is 8.16. The Bertz CT molecular complexity index is 641. The molecule has 0 saturated carbocycles. The van der Waals surface area contributed by atoms with Gasteiger partial charge in [0.2, 0.25) is 5.91 Å². The number of ether oxygens (including phenoxy) is 1. The highest BCUT2D eigenvalue weighted by Crippen LogP contribution is 2.30. The molecule has 8 heteroatoms. The molecule has 1 saturated heterocycles. The Morgan fingerprint density at radius 3 is 3.05 bits per heavy atom. The van der Waals surface area contributed by atoms with E-state index in [0.29, 0.717) is 36.5 Å². The molecule has 1 unspecified atom stereocenters. The number of morpholine rings is 1. The van der Waals surface area contributed by atoms with E-state index in [2.05, 4.69) is 15.6 Å². The molecule has 3 N–H and O–H groups in total. The number of hydrogen-bond donors (Lipinski definition) is 2. The monoisotopic (exact) mass is 277 g/mol. The first kappa shape index (κ1) is 12.7. The minimum Gasteiger partial charge on any atom is -0.397 e. The number of aromatic nitrogens is 2. The van der Waals surface area contributed by atoms with Crippen LogP contribution in [0.2, 0.25) is 0 Å². The Labute approximate surface area is 114 Å². The number of fused-ring (bicyclic) bond motifs is 1. The molecule has 2 aromatic rings. The third-order valence-electron chi connectivity index (χ3n) is 3.41. The number of rotatable bonds is 2. The van der Waals surface area contributed by atoms with Crippen molar-refractivity contribution in [2.24, 2.45) is 0 Å². The molecule has 1 aromatic carbocycles. The smallest absolute Gasteiger partial charge is 0.244 e. The molecule has 3 rings (SSSR count). The molecule has 1 aliphatic rings. The van der Waals surface area contributed by atoms with Gasteiger partial charge in [-0.2, -0.15) is 0 Å². The average molecular weight is 277 g/mol. The number of hydrogen-bond acceptors (Lipinski definition) is 7. The highest BCUT2D eigenvalue weighted by molar-refractivity contribution is 5.97. The summed E-state index contributed by atoms with van der Waals surface area (Å²) in [6.07, 6.45) is 0. The number of nitrogen functional groups attached to an aromatic ring is 1. The second-order valence-corrected chi connectivity index (χ2v) is 4.53. The van der Waals surface area contributed by atoms with Crippen molar-refractivity contribution in [3.63, 3.8) is 0 Å². The minimum atomic E-state index is -0.405. The summed E-state index contributed by atoms with van der Waals surface area (Å²) in [6.45, 7) is 1.46. The van der Waals surface area contributed by atoms with Crippen LogP contribution in [0.4, 0.5) is 11.4 Å². The van der Waals surface area contributed by atoms with E-state index < -0.39 is 6.04 Å². The van der Waals surface area contributed by atoms with Gasteiger partial charge in [0.1, 0.15) is 6.04 Å². The Balaban J connectivity index is 2.06. The predicted octanol–water partition coefficient (Wildman–Crippen LogP) is -0.244. The third-order valence-corrected chi connectivity index (χ3v) is 3.41. The molecule has 8 nitrogen and oxygen atoms in total. The van der Waals surface area contributed by atoms with Gasteiger partial charge in [-0.15, -0.1) is 0 Å². The van der Waals surface area contributed by atoms with Gasteiger partial charge in [-0.05, 0) is 22.4 Å². The molecule has 0 aliphatic carbocycles. The van der Waals surface area contributed by atoms with Crippen LogP contribution in [-0.2, 0) is 9.53 Å².